The van der Waals surface area contributed by atoms with E-state index >= 15 is 0 Å². The monoisotopic (exact) mass is 436 g/mol. The number of amides is 1. The van der Waals surface area contributed by atoms with Gasteiger partial charge in [-0.05, 0) is 94.3 Å². The molecule has 0 aromatic carbocycles. The second-order valence-corrected chi connectivity index (χ2v) is 15.5. The van der Waals surface area contributed by atoms with Gasteiger partial charge >= 0.3 is 0 Å². The van der Waals surface area contributed by atoms with Crippen molar-refractivity contribution in [3.05, 3.63) is 0 Å². The lowest BCUT2D eigenvalue weighted by Crippen LogP contribution is -2.47. The van der Waals surface area contributed by atoms with Gasteiger partial charge in [0.2, 0.25) is 5.91 Å². The molecule has 3 N–H and O–H groups in total. The number of hydrogen-bond acceptors (Lipinski definition) is 4. The fraction of sp³-hybridized carbons (Fsp3) is 0.958. The van der Waals surface area contributed by atoms with Gasteiger partial charge in [0.15, 0.2) is 8.32 Å². The zero-order chi connectivity index (χ0) is 21.3. The van der Waals surface area contributed by atoms with Crippen LogP contribution in [0.2, 0.25) is 19.1 Å². The molecule has 2 saturated carbocycles. The minimum Gasteiger partial charge on any atom is -0.432 e. The van der Waals surface area contributed by atoms with E-state index in [2.05, 4.69) is 4.90 Å². The van der Waals surface area contributed by atoms with Gasteiger partial charge < -0.3 is 20.2 Å². The molecule has 5 nitrogen and oxygen atoms in total. The van der Waals surface area contributed by atoms with Crippen molar-refractivity contribution >= 4 is 14.2 Å². The summed E-state index contributed by atoms with van der Waals surface area (Å²) in [5.41, 5.74) is 5.95. The van der Waals surface area contributed by atoms with Gasteiger partial charge in [-0.25, -0.2) is 0 Å². The van der Waals surface area contributed by atoms with Crippen molar-refractivity contribution in [2.45, 2.75) is 95.6 Å². The Hall–Kier alpha value is -0.433. The van der Waals surface area contributed by atoms with Gasteiger partial charge in [-0.3, -0.25) is 4.79 Å². The molecule has 6 atom stereocenters. The largest absolute Gasteiger partial charge is 0.432 e. The highest BCUT2D eigenvalue weighted by Crippen LogP contribution is 2.44. The van der Waals surface area contributed by atoms with Crippen LogP contribution >= 0.6 is 0 Å². The van der Waals surface area contributed by atoms with Crippen molar-refractivity contribution in [3.63, 3.8) is 0 Å². The maximum Gasteiger partial charge on any atom is 0.226 e. The van der Waals surface area contributed by atoms with Crippen LogP contribution in [0.15, 0.2) is 0 Å². The molecule has 4 aliphatic rings. The van der Waals surface area contributed by atoms with Crippen molar-refractivity contribution in [1.82, 2.24) is 4.90 Å². The Morgan fingerprint density at radius 1 is 1.03 bits per heavy atom. The third-order valence-corrected chi connectivity index (χ3v) is 10.1. The maximum atomic E-state index is 13.5. The number of carbonyl (C=O) groups is 1. The summed E-state index contributed by atoms with van der Waals surface area (Å²) < 4.78 is 6.32. The predicted molar refractivity (Wildman–Crippen MR) is 122 cm³/mol. The molecule has 0 aromatic rings. The summed E-state index contributed by atoms with van der Waals surface area (Å²) in [4.78, 5) is 26.0. The second-order valence-electron chi connectivity index (χ2n) is 11.4. The van der Waals surface area contributed by atoms with Crippen molar-refractivity contribution < 1.29 is 14.3 Å². The number of nitrogens with zero attached hydrogens (tertiary/aromatic N) is 1. The molecule has 2 saturated heterocycles. The van der Waals surface area contributed by atoms with E-state index in [1.807, 2.05) is 13.1 Å². The number of nitrogens with two attached hydrogens (primary N) is 1. The first-order valence-corrected chi connectivity index (χ1v) is 15.9. The molecule has 30 heavy (non-hydrogen) atoms. The average Bonchev–Trinajstić information content (AvgIpc) is 3.14. The number of fused-ring (bicyclic) bond motifs is 1. The molecule has 172 valence electrons. The highest BCUT2D eigenvalue weighted by molar-refractivity contribution is 6.69. The van der Waals surface area contributed by atoms with Gasteiger partial charge in [-0.2, -0.15) is 0 Å². The lowest BCUT2D eigenvalue weighted by molar-refractivity contribution is -0.141. The molecule has 0 bridgehead atoms. The zero-order valence-corrected chi connectivity index (χ0v) is 20.2. The van der Waals surface area contributed by atoms with E-state index in [-0.39, 0.29) is 18.1 Å². The van der Waals surface area contributed by atoms with E-state index in [4.69, 9.17) is 10.5 Å². The minimum absolute atomic E-state index is 0.144. The van der Waals surface area contributed by atoms with E-state index in [0.717, 1.165) is 69.1 Å². The first-order chi connectivity index (χ1) is 14.3. The zero-order valence-electron chi connectivity index (χ0n) is 19.2. The third kappa shape index (κ3) is 5.30. The fourth-order valence-electron chi connectivity index (χ4n) is 7.11. The minimum atomic E-state index is -2.13. The van der Waals surface area contributed by atoms with E-state index in [9.17, 15) is 9.59 Å². The van der Waals surface area contributed by atoms with Gasteiger partial charge in [0.1, 0.15) is 0 Å². The Labute approximate surface area is 184 Å². The molecule has 2 aliphatic heterocycles. The summed E-state index contributed by atoms with van der Waals surface area (Å²) in [6, 6.07) is 0.803. The Kier molecular flexibility index (Phi) is 7.28. The maximum absolute atomic E-state index is 13.5. The van der Waals surface area contributed by atoms with Crippen molar-refractivity contribution in [3.8, 4) is 0 Å². The Bertz CT molecular complexity index is 587. The Morgan fingerprint density at radius 3 is 2.47 bits per heavy atom. The first kappa shape index (κ1) is 22.7. The average molecular weight is 437 g/mol. The van der Waals surface area contributed by atoms with Crippen LogP contribution in [0.4, 0.5) is 0 Å². The van der Waals surface area contributed by atoms with Crippen LogP contribution in [0.1, 0.15) is 64.2 Å². The molecule has 6 heteroatoms. The van der Waals surface area contributed by atoms with E-state index in [1.165, 1.54) is 38.5 Å². The molecular formula is C24H44N2O3Si. The standard InChI is InChI=1S/C24H44N2O3Si/c1-30(2,28)16-20-14-22-21(7-4-8-23(22)29-20)24(27)26-11-9-18(10-12-26)19-6-3-5-17(13-19)15-25/h17-23,28H,3-16,25H2,1-2H3. The number of rotatable bonds is 5. The lowest BCUT2D eigenvalue weighted by atomic mass is 9.71. The molecule has 2 aliphatic carbocycles. The quantitative estimate of drug-likeness (QED) is 0.644. The Morgan fingerprint density at radius 2 is 1.77 bits per heavy atom. The fourth-order valence-corrected chi connectivity index (χ4v) is 8.49. The smallest absolute Gasteiger partial charge is 0.226 e. The van der Waals surface area contributed by atoms with Crippen LogP contribution in [-0.2, 0) is 9.53 Å². The van der Waals surface area contributed by atoms with Gasteiger partial charge in [0.25, 0.3) is 0 Å². The van der Waals surface area contributed by atoms with Crippen LogP contribution in [0, 0.1) is 29.6 Å². The molecule has 2 heterocycles. The number of likely N-dealkylation sites (tertiary alicyclic amines) is 1. The summed E-state index contributed by atoms with van der Waals surface area (Å²) >= 11 is 0. The molecule has 6 unspecified atom stereocenters. The predicted octanol–water partition coefficient (Wildman–Crippen LogP) is 3.76. The van der Waals surface area contributed by atoms with Crippen molar-refractivity contribution in [2.24, 2.45) is 35.3 Å². The van der Waals surface area contributed by atoms with Gasteiger partial charge in [-0.15, -0.1) is 0 Å². The van der Waals surface area contributed by atoms with E-state index in [0.29, 0.717) is 11.8 Å². The summed E-state index contributed by atoms with van der Waals surface area (Å²) in [7, 11) is -2.13. The molecule has 0 radical (unpaired) electrons. The normalized spacial score (nSPS) is 38.5. The van der Waals surface area contributed by atoms with Crippen molar-refractivity contribution in [2.75, 3.05) is 19.6 Å². The highest BCUT2D eigenvalue weighted by Gasteiger charge is 2.47. The van der Waals surface area contributed by atoms with Gasteiger partial charge in [0, 0.05) is 19.0 Å². The molecule has 4 rings (SSSR count). The summed E-state index contributed by atoms with van der Waals surface area (Å²) in [6.07, 6.45) is 12.3. The van der Waals surface area contributed by atoms with Crippen molar-refractivity contribution in [1.29, 1.82) is 0 Å². The topological polar surface area (TPSA) is 75.8 Å². The molecule has 0 spiro atoms. The number of piperidine rings is 1. The second kappa shape index (κ2) is 9.59. The summed E-state index contributed by atoms with van der Waals surface area (Å²) in [5.74, 6) is 3.26. The summed E-state index contributed by atoms with van der Waals surface area (Å²) in [6.45, 7) is 6.72. The molecular weight excluding hydrogens is 392 g/mol. The Balaban J connectivity index is 1.30. The molecule has 0 aromatic heterocycles. The van der Waals surface area contributed by atoms with Gasteiger partial charge in [0.05, 0.1) is 12.2 Å². The lowest BCUT2D eigenvalue weighted by Gasteiger charge is -2.41. The number of hydrogen-bond donors (Lipinski definition) is 2. The van der Waals surface area contributed by atoms with Crippen LogP contribution in [-0.4, -0.2) is 55.8 Å². The van der Waals surface area contributed by atoms with E-state index in [1.54, 1.807) is 0 Å². The van der Waals surface area contributed by atoms with Crippen LogP contribution < -0.4 is 5.73 Å². The summed E-state index contributed by atoms with van der Waals surface area (Å²) in [5, 5.41) is 0. The SMILES string of the molecule is C[Si](C)(O)CC1CC2C(CCCC2C(=O)N2CCC(C3CCCC(CN)C3)CC2)O1. The van der Waals surface area contributed by atoms with Crippen LogP contribution in [0.5, 0.6) is 0 Å². The van der Waals surface area contributed by atoms with Crippen LogP contribution in [0.3, 0.4) is 0 Å². The number of carbonyl (C=O) groups excluding carboxylic acids is 1. The molecule has 1 amide bonds. The van der Waals surface area contributed by atoms with Gasteiger partial charge in [-0.1, -0.05) is 19.3 Å². The molecule has 4 fully saturated rings. The third-order valence-electron chi connectivity index (χ3n) is 8.62. The van der Waals surface area contributed by atoms with Crippen LogP contribution in [0.25, 0.3) is 0 Å². The number of ether oxygens (including phenoxy) is 1. The van der Waals surface area contributed by atoms with E-state index < -0.39 is 8.32 Å². The first-order valence-electron chi connectivity index (χ1n) is 12.7. The highest BCUT2D eigenvalue weighted by atomic mass is 28.4.